The maximum absolute atomic E-state index is 13.0. The van der Waals surface area contributed by atoms with Crippen LogP contribution >= 0.6 is 0 Å². The third-order valence-electron chi connectivity index (χ3n) is 4.93. The molecule has 1 aliphatic heterocycles. The Labute approximate surface area is 139 Å². The Kier molecular flexibility index (Phi) is 3.59. The number of carbonyl (C=O) groups excluding carboxylic acids is 1. The summed E-state index contributed by atoms with van der Waals surface area (Å²) in [5, 5.41) is 13.9. The van der Waals surface area contributed by atoms with Crippen molar-refractivity contribution in [2.45, 2.75) is 38.1 Å². The van der Waals surface area contributed by atoms with Gasteiger partial charge in [-0.05, 0) is 44.2 Å². The number of para-hydroxylation sites is 1. The molecular weight excluding hydrogens is 306 g/mol. The fourth-order valence-corrected chi connectivity index (χ4v) is 3.79. The molecule has 1 aromatic carbocycles. The number of aromatic nitrogens is 2. The minimum atomic E-state index is -0.931. The molecule has 1 N–H and O–H groups in total. The zero-order chi connectivity index (χ0) is 16.7. The molecule has 1 saturated heterocycles. The molecule has 0 saturated carbocycles. The number of carboxylic acids is 1. The summed E-state index contributed by atoms with van der Waals surface area (Å²) in [6.07, 6.45) is 3.97. The number of aliphatic carboxylic acids is 1. The lowest BCUT2D eigenvalue weighted by Crippen LogP contribution is -2.40. The van der Waals surface area contributed by atoms with Gasteiger partial charge in [-0.3, -0.25) is 4.79 Å². The van der Waals surface area contributed by atoms with Crippen molar-refractivity contribution in [3.63, 3.8) is 0 Å². The lowest BCUT2D eigenvalue weighted by Gasteiger charge is -2.20. The highest BCUT2D eigenvalue weighted by atomic mass is 16.4. The van der Waals surface area contributed by atoms with Crippen LogP contribution in [0.3, 0.4) is 0 Å². The molecule has 24 heavy (non-hydrogen) atoms. The second kappa shape index (κ2) is 5.78. The van der Waals surface area contributed by atoms with Gasteiger partial charge in [0.1, 0.15) is 6.04 Å². The van der Waals surface area contributed by atoms with Crippen LogP contribution in [-0.2, 0) is 17.6 Å². The van der Waals surface area contributed by atoms with Crippen LogP contribution < -0.4 is 0 Å². The van der Waals surface area contributed by atoms with E-state index in [4.69, 9.17) is 0 Å². The van der Waals surface area contributed by atoms with E-state index in [1.54, 1.807) is 0 Å². The van der Waals surface area contributed by atoms with Crippen molar-refractivity contribution in [3.8, 4) is 5.69 Å². The van der Waals surface area contributed by atoms with Crippen molar-refractivity contribution in [1.82, 2.24) is 14.7 Å². The summed E-state index contributed by atoms with van der Waals surface area (Å²) in [4.78, 5) is 25.8. The number of rotatable bonds is 3. The van der Waals surface area contributed by atoms with Gasteiger partial charge in [-0.15, -0.1) is 0 Å². The number of hydrogen-bond donors (Lipinski definition) is 1. The van der Waals surface area contributed by atoms with Gasteiger partial charge in [0, 0.05) is 17.8 Å². The summed E-state index contributed by atoms with van der Waals surface area (Å²) in [6.45, 7) is 0.489. The quantitative estimate of drug-likeness (QED) is 0.937. The van der Waals surface area contributed by atoms with Gasteiger partial charge in [0.15, 0.2) is 5.69 Å². The molecule has 6 heteroatoms. The van der Waals surface area contributed by atoms with Crippen molar-refractivity contribution in [2.24, 2.45) is 0 Å². The Morgan fingerprint density at radius 3 is 2.67 bits per heavy atom. The summed E-state index contributed by atoms with van der Waals surface area (Å²) >= 11 is 0. The van der Waals surface area contributed by atoms with Crippen LogP contribution in [0, 0.1) is 0 Å². The molecule has 0 spiro atoms. The molecule has 4 rings (SSSR count). The van der Waals surface area contributed by atoms with E-state index in [2.05, 4.69) is 5.10 Å². The average molecular weight is 325 g/mol. The lowest BCUT2D eigenvalue weighted by atomic mass is 10.1. The van der Waals surface area contributed by atoms with Gasteiger partial charge in [0.2, 0.25) is 0 Å². The first kappa shape index (κ1) is 14.9. The zero-order valence-electron chi connectivity index (χ0n) is 13.3. The number of amides is 1. The van der Waals surface area contributed by atoms with E-state index in [0.717, 1.165) is 42.6 Å². The zero-order valence-corrected chi connectivity index (χ0v) is 13.3. The van der Waals surface area contributed by atoms with E-state index in [1.807, 2.05) is 35.0 Å². The van der Waals surface area contributed by atoms with Crippen molar-refractivity contribution >= 4 is 11.9 Å². The van der Waals surface area contributed by atoms with Gasteiger partial charge in [0.05, 0.1) is 5.69 Å². The first-order valence-corrected chi connectivity index (χ1v) is 8.37. The molecule has 124 valence electrons. The van der Waals surface area contributed by atoms with Gasteiger partial charge in [-0.1, -0.05) is 18.2 Å². The minimum absolute atomic E-state index is 0.243. The molecule has 1 unspecified atom stereocenters. The second-order valence-corrected chi connectivity index (χ2v) is 6.37. The van der Waals surface area contributed by atoms with Crippen molar-refractivity contribution in [2.75, 3.05) is 6.54 Å². The number of hydrogen-bond acceptors (Lipinski definition) is 3. The fourth-order valence-electron chi connectivity index (χ4n) is 3.79. The highest BCUT2D eigenvalue weighted by molar-refractivity contribution is 5.97. The first-order valence-electron chi connectivity index (χ1n) is 8.37. The monoisotopic (exact) mass is 325 g/mol. The Hall–Kier alpha value is -2.63. The third-order valence-corrected chi connectivity index (χ3v) is 4.93. The summed E-state index contributed by atoms with van der Waals surface area (Å²) in [7, 11) is 0. The number of carbonyl (C=O) groups is 2. The van der Waals surface area contributed by atoms with Crippen LogP contribution in [0.4, 0.5) is 0 Å². The molecule has 2 heterocycles. The largest absolute Gasteiger partial charge is 0.480 e. The van der Waals surface area contributed by atoms with E-state index in [0.29, 0.717) is 18.7 Å². The van der Waals surface area contributed by atoms with E-state index in [1.165, 1.54) is 4.90 Å². The smallest absolute Gasteiger partial charge is 0.326 e. The number of likely N-dealkylation sites (tertiary alicyclic amines) is 1. The summed E-state index contributed by atoms with van der Waals surface area (Å²) in [5.74, 6) is -1.17. The van der Waals surface area contributed by atoms with Crippen LogP contribution in [0.2, 0.25) is 0 Å². The summed E-state index contributed by atoms with van der Waals surface area (Å²) in [5.41, 5.74) is 3.43. The molecular formula is C18H19N3O3. The molecule has 1 aliphatic carbocycles. The molecule has 6 nitrogen and oxygen atoms in total. The molecule has 1 atom stereocenters. The van der Waals surface area contributed by atoms with Crippen LogP contribution in [0.25, 0.3) is 5.69 Å². The maximum Gasteiger partial charge on any atom is 0.326 e. The van der Waals surface area contributed by atoms with Crippen LogP contribution in [-0.4, -0.2) is 44.3 Å². The van der Waals surface area contributed by atoms with Gasteiger partial charge >= 0.3 is 5.97 Å². The lowest BCUT2D eigenvalue weighted by molar-refractivity contribution is -0.141. The standard InChI is InChI=1S/C18H19N3O3/c22-17(20-11-5-10-15(20)18(23)24)16-13-8-4-9-14(13)21(19-16)12-6-2-1-3-7-12/h1-3,6-7,15H,4-5,8-11H2,(H,23,24). The van der Waals surface area contributed by atoms with Crippen LogP contribution in [0.15, 0.2) is 30.3 Å². The summed E-state index contributed by atoms with van der Waals surface area (Å²) < 4.78 is 1.85. The molecule has 0 radical (unpaired) electrons. The van der Waals surface area contributed by atoms with Crippen LogP contribution in [0.5, 0.6) is 0 Å². The Morgan fingerprint density at radius 1 is 1.12 bits per heavy atom. The van der Waals surface area contributed by atoms with Gasteiger partial charge in [-0.2, -0.15) is 5.10 Å². The minimum Gasteiger partial charge on any atom is -0.480 e. The Balaban J connectivity index is 1.74. The van der Waals surface area contributed by atoms with Crippen molar-refractivity contribution in [1.29, 1.82) is 0 Å². The van der Waals surface area contributed by atoms with Crippen LogP contribution in [0.1, 0.15) is 41.0 Å². The molecule has 1 fully saturated rings. The fraction of sp³-hybridized carbons (Fsp3) is 0.389. The number of carboxylic acid groups (broad SMARTS) is 1. The topological polar surface area (TPSA) is 75.4 Å². The van der Waals surface area contributed by atoms with Crippen molar-refractivity contribution < 1.29 is 14.7 Å². The maximum atomic E-state index is 13.0. The van der Waals surface area contributed by atoms with Gasteiger partial charge in [-0.25, -0.2) is 9.48 Å². The average Bonchev–Trinajstić information content (AvgIpc) is 3.30. The Morgan fingerprint density at radius 2 is 1.92 bits per heavy atom. The van der Waals surface area contributed by atoms with E-state index >= 15 is 0 Å². The number of benzene rings is 1. The molecule has 1 aromatic heterocycles. The number of nitrogens with zero attached hydrogens (tertiary/aromatic N) is 3. The number of fused-ring (bicyclic) bond motifs is 1. The molecule has 1 amide bonds. The first-order chi connectivity index (χ1) is 11.7. The molecule has 0 bridgehead atoms. The highest BCUT2D eigenvalue weighted by Gasteiger charge is 2.37. The molecule has 2 aromatic rings. The highest BCUT2D eigenvalue weighted by Crippen LogP contribution is 2.30. The third kappa shape index (κ3) is 2.29. The van der Waals surface area contributed by atoms with Crippen molar-refractivity contribution in [3.05, 3.63) is 47.3 Å². The molecule has 2 aliphatic rings. The van der Waals surface area contributed by atoms with E-state index in [-0.39, 0.29) is 5.91 Å². The predicted molar refractivity (Wildman–Crippen MR) is 87.3 cm³/mol. The van der Waals surface area contributed by atoms with E-state index < -0.39 is 12.0 Å². The van der Waals surface area contributed by atoms with Gasteiger partial charge < -0.3 is 10.0 Å². The normalized spacial score (nSPS) is 19.5. The summed E-state index contributed by atoms with van der Waals surface area (Å²) in [6, 6.07) is 9.05. The van der Waals surface area contributed by atoms with E-state index in [9.17, 15) is 14.7 Å². The van der Waals surface area contributed by atoms with Gasteiger partial charge in [0.25, 0.3) is 5.91 Å². The predicted octanol–water partition coefficient (Wildman–Crippen LogP) is 2.05. The Bertz CT molecular complexity index is 797. The second-order valence-electron chi connectivity index (χ2n) is 6.37. The SMILES string of the molecule is O=C(O)C1CCCN1C(=O)c1nn(-c2ccccc2)c2c1CCC2.